The van der Waals surface area contributed by atoms with Crippen molar-refractivity contribution in [3.8, 4) is 23.0 Å². The lowest BCUT2D eigenvalue weighted by molar-refractivity contribution is 0.283. The van der Waals surface area contributed by atoms with Crippen LogP contribution in [0.25, 0.3) is 0 Å². The van der Waals surface area contributed by atoms with E-state index in [0.29, 0.717) is 29.2 Å². The number of rotatable bonds is 10. The Kier molecular flexibility index (Phi) is 15.5. The van der Waals surface area contributed by atoms with Gasteiger partial charge in [-0.25, -0.2) is 0 Å². The molecule has 3 fully saturated rings. The third-order valence-corrected chi connectivity index (χ3v) is 8.74. The number of phenols is 1. The maximum atomic E-state index is 9.01. The van der Waals surface area contributed by atoms with Gasteiger partial charge >= 0.3 is 14.2 Å². The lowest BCUT2D eigenvalue weighted by atomic mass is 9.78. The van der Waals surface area contributed by atoms with E-state index in [1.54, 1.807) is 44.6 Å². The molecule has 4 aromatic carbocycles. The molecule has 7 rings (SSSR count). The van der Waals surface area contributed by atoms with E-state index in [4.69, 9.17) is 38.7 Å². The van der Waals surface area contributed by atoms with Crippen LogP contribution in [0.1, 0.15) is 38.5 Å². The van der Waals surface area contributed by atoms with Crippen LogP contribution >= 0.6 is 45.2 Å². The van der Waals surface area contributed by atoms with E-state index in [9.17, 15) is 0 Å². The smallest absolute Gasteiger partial charge is 0.497 e. The predicted octanol–water partition coefficient (Wildman–Crippen LogP) is 5.95. The van der Waals surface area contributed by atoms with Gasteiger partial charge in [-0.3, -0.25) is 0 Å². The molecule has 0 atom stereocenters. The van der Waals surface area contributed by atoms with Gasteiger partial charge in [0.25, 0.3) is 0 Å². The summed E-state index contributed by atoms with van der Waals surface area (Å²) in [6.45, 7) is 0. The molecule has 12 heteroatoms. The van der Waals surface area contributed by atoms with Gasteiger partial charge in [0.2, 0.25) is 0 Å². The highest BCUT2D eigenvalue weighted by molar-refractivity contribution is 14.1. The molecular weight excluding hydrogens is 824 g/mol. The lowest BCUT2D eigenvalue weighted by Gasteiger charge is -2.14. The minimum absolute atomic E-state index is 0.278. The minimum Gasteiger partial charge on any atom is -0.507 e. The molecule has 47 heavy (non-hydrogen) atoms. The van der Waals surface area contributed by atoms with Crippen molar-refractivity contribution < 1.29 is 38.7 Å². The summed E-state index contributed by atoms with van der Waals surface area (Å²) in [4.78, 5) is 0. The Hall–Kier alpha value is -2.49. The molecule has 8 nitrogen and oxygen atoms in total. The number of aromatic hydroxyl groups is 1. The predicted molar refractivity (Wildman–Crippen MR) is 203 cm³/mol. The number of halogens is 2. The van der Waals surface area contributed by atoms with Gasteiger partial charge in [0.15, 0.2) is 0 Å². The first-order chi connectivity index (χ1) is 22.8. The topological polar surface area (TPSA) is 107 Å². The van der Waals surface area contributed by atoms with Crippen molar-refractivity contribution in [3.63, 3.8) is 0 Å². The normalized spacial score (nSPS) is 14.5. The molecule has 3 aliphatic rings. The number of benzene rings is 4. The van der Waals surface area contributed by atoms with Gasteiger partial charge in [0.05, 0.1) is 25.5 Å². The Labute approximate surface area is 305 Å². The number of phenolic OH excluding ortho intramolecular Hbond substituents is 1. The van der Waals surface area contributed by atoms with Crippen molar-refractivity contribution in [2.75, 3.05) is 14.2 Å². The van der Waals surface area contributed by atoms with E-state index >= 15 is 0 Å². The number of para-hydroxylation sites is 4. The Morgan fingerprint density at radius 1 is 0.532 bits per heavy atom. The summed E-state index contributed by atoms with van der Waals surface area (Å²) in [5.41, 5.74) is 1.39. The maximum Gasteiger partial charge on any atom is 0.497 e. The zero-order valence-electron chi connectivity index (χ0n) is 26.5. The second-order valence-electron chi connectivity index (χ2n) is 11.1. The summed E-state index contributed by atoms with van der Waals surface area (Å²) in [7, 11) is 1.46. The minimum atomic E-state index is -1.45. The van der Waals surface area contributed by atoms with E-state index in [2.05, 4.69) is 51.2 Å². The van der Waals surface area contributed by atoms with E-state index in [0.717, 1.165) is 46.2 Å². The molecule has 0 radical (unpaired) electrons. The van der Waals surface area contributed by atoms with Gasteiger partial charge in [-0.05, 0) is 120 Å². The highest BCUT2D eigenvalue weighted by atomic mass is 127. The SMILES string of the molecule is COB(OC)c1ccccc1OC1CC1.Ic1ccccc1OC1CC1.OB(O)c1ccccc1OC1CC1.Oc1ccccc1I. The summed E-state index contributed by atoms with van der Waals surface area (Å²) in [5, 5.41) is 26.9. The first-order valence-corrected chi connectivity index (χ1v) is 17.7. The Morgan fingerprint density at radius 3 is 1.32 bits per heavy atom. The average molecular weight is 864 g/mol. The number of hydrogen-bond acceptors (Lipinski definition) is 8. The molecule has 3 saturated carbocycles. The summed E-state index contributed by atoms with van der Waals surface area (Å²) in [6, 6.07) is 30.2. The zero-order valence-corrected chi connectivity index (χ0v) is 30.8. The highest BCUT2D eigenvalue weighted by Crippen LogP contribution is 2.29. The average Bonchev–Trinajstić information content (AvgIpc) is 3.92. The van der Waals surface area contributed by atoms with Crippen molar-refractivity contribution in [1.82, 2.24) is 0 Å². The van der Waals surface area contributed by atoms with Gasteiger partial charge in [-0.15, -0.1) is 0 Å². The van der Waals surface area contributed by atoms with Gasteiger partial charge in [-0.2, -0.15) is 0 Å². The van der Waals surface area contributed by atoms with Crippen LogP contribution in [0.15, 0.2) is 97.1 Å². The van der Waals surface area contributed by atoms with Gasteiger partial charge in [-0.1, -0.05) is 60.7 Å². The molecule has 4 aromatic rings. The van der Waals surface area contributed by atoms with Crippen LogP contribution in [0, 0.1) is 7.14 Å². The van der Waals surface area contributed by atoms with Crippen molar-refractivity contribution in [2.24, 2.45) is 0 Å². The fourth-order valence-electron chi connectivity index (χ4n) is 4.02. The second kappa shape index (κ2) is 19.5. The summed E-state index contributed by atoms with van der Waals surface area (Å²) < 4.78 is 29.5. The molecule has 0 aromatic heterocycles. The fourth-order valence-corrected chi connectivity index (χ4v) is 4.92. The third-order valence-electron chi connectivity index (χ3n) is 6.94. The molecule has 0 aliphatic heterocycles. The fraction of sp³-hybridized carbons (Fsp3) is 0.314. The van der Waals surface area contributed by atoms with Crippen molar-refractivity contribution in [1.29, 1.82) is 0 Å². The van der Waals surface area contributed by atoms with Crippen LogP contribution in [-0.2, 0) is 9.31 Å². The van der Waals surface area contributed by atoms with Crippen LogP contribution in [0.3, 0.4) is 0 Å². The highest BCUT2D eigenvalue weighted by Gasteiger charge is 2.28. The molecular formula is C35H40B2I2O8. The van der Waals surface area contributed by atoms with Gasteiger partial charge in [0.1, 0.15) is 23.0 Å². The first-order valence-electron chi connectivity index (χ1n) is 15.6. The molecule has 0 saturated heterocycles. The van der Waals surface area contributed by atoms with Crippen molar-refractivity contribution >= 4 is 70.3 Å². The molecule has 0 heterocycles. The quantitative estimate of drug-likeness (QED) is 0.133. The summed E-state index contributed by atoms with van der Waals surface area (Å²) in [6.07, 6.45) is 8.06. The second-order valence-corrected chi connectivity index (χ2v) is 13.4. The molecule has 3 aliphatic carbocycles. The van der Waals surface area contributed by atoms with Crippen molar-refractivity contribution in [2.45, 2.75) is 56.8 Å². The molecule has 248 valence electrons. The number of ether oxygens (including phenoxy) is 3. The van der Waals surface area contributed by atoms with Gasteiger partial charge < -0.3 is 38.7 Å². The largest absolute Gasteiger partial charge is 0.507 e. The lowest BCUT2D eigenvalue weighted by Crippen LogP contribution is -2.36. The summed E-state index contributed by atoms with van der Waals surface area (Å²) >= 11 is 4.37. The summed E-state index contributed by atoms with van der Waals surface area (Å²) in [5.74, 6) is 2.84. The third kappa shape index (κ3) is 13.5. The van der Waals surface area contributed by atoms with E-state index in [-0.39, 0.29) is 13.2 Å². The monoisotopic (exact) mass is 864 g/mol. The van der Waals surface area contributed by atoms with Crippen LogP contribution in [-0.4, -0.2) is 61.9 Å². The molecule has 0 amide bonds. The Morgan fingerprint density at radius 2 is 0.915 bits per heavy atom. The maximum absolute atomic E-state index is 9.01. The molecule has 0 unspecified atom stereocenters. The zero-order chi connectivity index (χ0) is 33.6. The van der Waals surface area contributed by atoms with Crippen LogP contribution < -0.4 is 25.1 Å². The molecule has 3 N–H and O–H groups in total. The van der Waals surface area contributed by atoms with Gasteiger partial charge in [0, 0.05) is 25.1 Å². The Balaban J connectivity index is 0.000000145. The molecule has 0 spiro atoms. The van der Waals surface area contributed by atoms with Crippen LogP contribution in [0.5, 0.6) is 23.0 Å². The number of hydrogen-bond donors (Lipinski definition) is 3. The van der Waals surface area contributed by atoms with E-state index in [1.807, 2.05) is 60.7 Å². The van der Waals surface area contributed by atoms with E-state index in [1.165, 1.54) is 16.4 Å². The molecule has 0 bridgehead atoms. The van der Waals surface area contributed by atoms with E-state index < -0.39 is 7.12 Å². The Bertz CT molecular complexity index is 1490. The van der Waals surface area contributed by atoms with Crippen LogP contribution in [0.4, 0.5) is 0 Å². The van der Waals surface area contributed by atoms with Crippen LogP contribution in [0.2, 0.25) is 0 Å². The van der Waals surface area contributed by atoms with Crippen molar-refractivity contribution in [3.05, 3.63) is 104 Å². The standard InChI is InChI=1S/C11H15BO3.C9H11BO3.C9H9IO.C6H5IO/c1-13-12(14-2)10-5-3-4-6-11(10)15-9-7-8-9;11-10(12)8-3-1-2-4-9(8)13-7-5-6-7;10-8-3-1-2-4-9(8)11-7-5-6-7;7-5-3-1-2-4-6(5)8/h3-6,9H,7-8H2,1-2H3;1-4,7,11-12H,5-6H2;1-4,7H,5-6H2;1-4,8H. The first kappa shape index (κ1) is 37.3.